The van der Waals surface area contributed by atoms with E-state index in [1.807, 2.05) is 0 Å². The predicted octanol–water partition coefficient (Wildman–Crippen LogP) is 3.38. The van der Waals surface area contributed by atoms with E-state index in [4.69, 9.17) is 0 Å². The first-order valence-electron chi connectivity index (χ1n) is 3.80. The van der Waals surface area contributed by atoms with Crippen LogP contribution in [0.1, 0.15) is 15.9 Å². The molecule has 0 N–H and O–H groups in total. The topological polar surface area (TPSA) is 17.1 Å². The molecule has 0 bridgehead atoms. The van der Waals surface area contributed by atoms with Crippen molar-refractivity contribution in [3.63, 3.8) is 0 Å². The summed E-state index contributed by atoms with van der Waals surface area (Å²) in [5.74, 6) is -1.12. The summed E-state index contributed by atoms with van der Waals surface area (Å²) in [6.45, 7) is 0. The first kappa shape index (κ1) is 12.0. The van der Waals surface area contributed by atoms with Gasteiger partial charge in [0, 0.05) is 4.90 Å². The van der Waals surface area contributed by atoms with Crippen molar-refractivity contribution in [2.45, 2.75) is 11.1 Å². The number of halogens is 4. The van der Waals surface area contributed by atoms with E-state index >= 15 is 0 Å². The zero-order valence-electron chi connectivity index (χ0n) is 7.56. The van der Waals surface area contributed by atoms with Crippen molar-refractivity contribution in [3.8, 4) is 0 Å². The molecule has 1 aromatic carbocycles. The summed E-state index contributed by atoms with van der Waals surface area (Å²) >= 11 is 0.943. The van der Waals surface area contributed by atoms with E-state index in [0.29, 0.717) is 6.07 Å². The van der Waals surface area contributed by atoms with Crippen molar-refractivity contribution in [1.29, 1.82) is 0 Å². The van der Waals surface area contributed by atoms with Crippen LogP contribution >= 0.6 is 11.8 Å². The van der Waals surface area contributed by atoms with Gasteiger partial charge in [0.2, 0.25) is 0 Å². The van der Waals surface area contributed by atoms with Crippen molar-refractivity contribution < 1.29 is 22.4 Å². The Morgan fingerprint density at radius 2 is 1.93 bits per heavy atom. The summed E-state index contributed by atoms with van der Waals surface area (Å²) in [4.78, 5) is 10.4. The van der Waals surface area contributed by atoms with Crippen molar-refractivity contribution >= 4 is 18.0 Å². The maximum absolute atomic E-state index is 13.3. The second kappa shape index (κ2) is 4.22. The van der Waals surface area contributed by atoms with Crippen LogP contribution in [0.2, 0.25) is 0 Å². The highest BCUT2D eigenvalue weighted by atomic mass is 32.2. The fourth-order valence-corrected chi connectivity index (χ4v) is 1.59. The summed E-state index contributed by atoms with van der Waals surface area (Å²) in [5.41, 5.74) is -2.18. The van der Waals surface area contributed by atoms with Gasteiger partial charge in [-0.2, -0.15) is 13.2 Å². The monoisotopic (exact) mass is 238 g/mol. The van der Waals surface area contributed by atoms with Gasteiger partial charge >= 0.3 is 6.18 Å². The molecule has 0 atom stereocenters. The highest BCUT2D eigenvalue weighted by molar-refractivity contribution is 7.98. The van der Waals surface area contributed by atoms with E-state index in [1.165, 1.54) is 6.26 Å². The quantitative estimate of drug-likeness (QED) is 0.446. The highest BCUT2D eigenvalue weighted by Crippen LogP contribution is 2.34. The largest absolute Gasteiger partial charge is 0.417 e. The van der Waals surface area contributed by atoms with E-state index < -0.39 is 23.1 Å². The van der Waals surface area contributed by atoms with Gasteiger partial charge in [-0.05, 0) is 18.4 Å². The lowest BCUT2D eigenvalue weighted by Crippen LogP contribution is -2.11. The maximum atomic E-state index is 13.3. The minimum atomic E-state index is -4.71. The number of carbonyl (C=O) groups excluding carboxylic acids is 1. The Morgan fingerprint density at radius 3 is 2.33 bits per heavy atom. The standard InChI is InChI=1S/C9H6F4OS/c1-15-7-3-2-6(9(11,12)13)5(4-14)8(7)10/h2-4H,1H3. The maximum Gasteiger partial charge on any atom is 0.417 e. The van der Waals surface area contributed by atoms with E-state index in [9.17, 15) is 22.4 Å². The highest BCUT2D eigenvalue weighted by Gasteiger charge is 2.35. The molecule has 1 rings (SSSR count). The molecule has 0 heterocycles. The molecule has 0 unspecified atom stereocenters. The Balaban J connectivity index is 3.44. The Morgan fingerprint density at radius 1 is 1.33 bits per heavy atom. The van der Waals surface area contributed by atoms with Gasteiger partial charge in [-0.1, -0.05) is 0 Å². The summed E-state index contributed by atoms with van der Waals surface area (Å²) in [6.07, 6.45) is -3.31. The average Bonchev–Trinajstić information content (AvgIpc) is 2.15. The molecule has 1 aromatic rings. The first-order valence-corrected chi connectivity index (χ1v) is 5.03. The molecule has 6 heteroatoms. The fourth-order valence-electron chi connectivity index (χ4n) is 1.09. The van der Waals surface area contributed by atoms with E-state index in [2.05, 4.69) is 0 Å². The number of hydrogen-bond acceptors (Lipinski definition) is 2. The molecular formula is C9H6F4OS. The third kappa shape index (κ3) is 2.31. The van der Waals surface area contributed by atoms with Gasteiger partial charge in [0.25, 0.3) is 0 Å². The SMILES string of the molecule is CSc1ccc(C(F)(F)F)c(C=O)c1F. The Hall–Kier alpha value is -1.04. The van der Waals surface area contributed by atoms with Crippen LogP contribution in [0.15, 0.2) is 17.0 Å². The molecular weight excluding hydrogens is 232 g/mol. The van der Waals surface area contributed by atoms with E-state index in [1.54, 1.807) is 0 Å². The van der Waals surface area contributed by atoms with Gasteiger partial charge in [-0.15, -0.1) is 11.8 Å². The van der Waals surface area contributed by atoms with Crippen molar-refractivity contribution in [1.82, 2.24) is 0 Å². The summed E-state index contributed by atoms with van der Waals surface area (Å²) in [7, 11) is 0. The number of alkyl halides is 3. The molecule has 0 amide bonds. The van der Waals surface area contributed by atoms with Crippen LogP contribution in [0.4, 0.5) is 17.6 Å². The fraction of sp³-hybridized carbons (Fsp3) is 0.222. The Labute approximate surface area is 87.5 Å². The first-order chi connectivity index (χ1) is 6.91. The molecule has 0 aliphatic heterocycles. The molecule has 0 aromatic heterocycles. The van der Waals surface area contributed by atoms with Crippen molar-refractivity contribution in [2.24, 2.45) is 0 Å². The molecule has 0 saturated heterocycles. The molecule has 0 spiro atoms. The number of thioether (sulfide) groups is 1. The Kier molecular flexibility index (Phi) is 3.38. The van der Waals surface area contributed by atoms with Crippen LogP contribution in [0.25, 0.3) is 0 Å². The van der Waals surface area contributed by atoms with Crippen LogP contribution < -0.4 is 0 Å². The lowest BCUT2D eigenvalue weighted by Gasteiger charge is -2.11. The van der Waals surface area contributed by atoms with Crippen LogP contribution in [-0.4, -0.2) is 12.5 Å². The molecule has 0 saturated carbocycles. The number of benzene rings is 1. The smallest absolute Gasteiger partial charge is 0.298 e. The Bertz CT molecular complexity index is 386. The molecule has 0 aliphatic carbocycles. The number of aldehydes is 1. The zero-order valence-corrected chi connectivity index (χ0v) is 8.38. The average molecular weight is 238 g/mol. The minimum Gasteiger partial charge on any atom is -0.298 e. The zero-order chi connectivity index (χ0) is 11.6. The second-order valence-corrected chi connectivity index (χ2v) is 3.51. The van der Waals surface area contributed by atoms with Gasteiger partial charge in [-0.25, -0.2) is 4.39 Å². The molecule has 0 fully saturated rings. The third-order valence-corrected chi connectivity index (χ3v) is 2.54. The number of carbonyl (C=O) groups is 1. The molecule has 0 aliphatic rings. The number of rotatable bonds is 2. The van der Waals surface area contributed by atoms with Crippen molar-refractivity contribution in [2.75, 3.05) is 6.26 Å². The lowest BCUT2D eigenvalue weighted by atomic mass is 10.1. The molecule has 1 nitrogen and oxygen atoms in total. The van der Waals surface area contributed by atoms with Crippen LogP contribution in [0.5, 0.6) is 0 Å². The van der Waals surface area contributed by atoms with Gasteiger partial charge < -0.3 is 0 Å². The van der Waals surface area contributed by atoms with Crippen LogP contribution in [0, 0.1) is 5.82 Å². The summed E-state index contributed by atoms with van der Waals surface area (Å²) < 4.78 is 50.3. The van der Waals surface area contributed by atoms with Crippen molar-refractivity contribution in [3.05, 3.63) is 29.1 Å². The minimum absolute atomic E-state index is 0.0186. The normalized spacial score (nSPS) is 11.5. The molecule has 0 radical (unpaired) electrons. The van der Waals surface area contributed by atoms with E-state index in [0.717, 1.165) is 17.8 Å². The van der Waals surface area contributed by atoms with Gasteiger partial charge in [0.15, 0.2) is 6.29 Å². The third-order valence-electron chi connectivity index (χ3n) is 1.79. The van der Waals surface area contributed by atoms with Crippen LogP contribution in [-0.2, 0) is 6.18 Å². The summed E-state index contributed by atoms with van der Waals surface area (Å²) in [6, 6.07) is 1.72. The van der Waals surface area contributed by atoms with Gasteiger partial charge in [-0.3, -0.25) is 4.79 Å². The number of hydrogen-bond donors (Lipinski definition) is 0. The van der Waals surface area contributed by atoms with E-state index in [-0.39, 0.29) is 11.2 Å². The summed E-state index contributed by atoms with van der Waals surface area (Å²) in [5, 5.41) is 0. The molecule has 15 heavy (non-hydrogen) atoms. The predicted molar refractivity (Wildman–Crippen MR) is 48.6 cm³/mol. The van der Waals surface area contributed by atoms with Gasteiger partial charge in [0.05, 0.1) is 11.1 Å². The second-order valence-electron chi connectivity index (χ2n) is 2.66. The van der Waals surface area contributed by atoms with Crippen LogP contribution in [0.3, 0.4) is 0 Å². The van der Waals surface area contributed by atoms with Gasteiger partial charge in [0.1, 0.15) is 5.82 Å². The lowest BCUT2D eigenvalue weighted by molar-refractivity contribution is -0.138. The molecule has 82 valence electrons.